The number of nitrogen functional groups attached to an aromatic ring is 1. The van der Waals surface area contributed by atoms with Crippen LogP contribution in [0.3, 0.4) is 0 Å². The van der Waals surface area contributed by atoms with Crippen LogP contribution in [0.1, 0.15) is 45.0 Å². The number of nitrogens with two attached hydrogens (primary N) is 1. The van der Waals surface area contributed by atoms with Gasteiger partial charge in [-0.05, 0) is 30.2 Å². The number of hydrogen-bond acceptors (Lipinski definition) is 4. The second-order valence-electron chi connectivity index (χ2n) is 7.07. The number of hydrogen-bond donors (Lipinski definition) is 2. The van der Waals surface area contributed by atoms with Gasteiger partial charge in [0.25, 0.3) is 0 Å². The van der Waals surface area contributed by atoms with Crippen LogP contribution in [-0.2, 0) is 13.0 Å². The summed E-state index contributed by atoms with van der Waals surface area (Å²) in [6, 6.07) is 15.4. The molecule has 0 fully saturated rings. The van der Waals surface area contributed by atoms with Gasteiger partial charge in [0.2, 0.25) is 0 Å². The first kappa shape index (κ1) is 24.7. The van der Waals surface area contributed by atoms with Crippen molar-refractivity contribution in [2.45, 2.75) is 46.6 Å². The van der Waals surface area contributed by atoms with Gasteiger partial charge >= 0.3 is 0 Å². The van der Waals surface area contributed by atoms with Crippen LogP contribution >= 0.6 is 0 Å². The molecule has 0 saturated heterocycles. The molecule has 2 aromatic carbocycles. The molecule has 2 aromatic heterocycles. The third-order valence-corrected chi connectivity index (χ3v) is 4.89. The van der Waals surface area contributed by atoms with Gasteiger partial charge in [-0.15, -0.1) is 0 Å². The Kier molecular flexibility index (Phi) is 9.48. The van der Waals surface area contributed by atoms with E-state index in [0.717, 1.165) is 52.6 Å². The zero-order valence-electron chi connectivity index (χ0n) is 19.4. The third-order valence-electron chi connectivity index (χ3n) is 4.89. The van der Waals surface area contributed by atoms with Crippen LogP contribution in [0, 0.1) is 0 Å². The summed E-state index contributed by atoms with van der Waals surface area (Å²) in [5, 5.41) is 10.6. The van der Waals surface area contributed by atoms with E-state index in [-0.39, 0.29) is 5.75 Å². The SMILES string of the molecule is C=CC=C.CC.CCCCc1nc2c(N)nc3ccccc3c2n1Cc1ccc(O)cc1. The average Bonchev–Trinajstić information content (AvgIpc) is 3.19. The Morgan fingerprint density at radius 3 is 2.28 bits per heavy atom. The maximum absolute atomic E-state index is 9.56. The molecule has 32 heavy (non-hydrogen) atoms. The molecule has 0 saturated carbocycles. The van der Waals surface area contributed by atoms with E-state index in [2.05, 4.69) is 35.7 Å². The Labute approximate surface area is 190 Å². The molecule has 5 heteroatoms. The summed E-state index contributed by atoms with van der Waals surface area (Å²) in [6.07, 6.45) is 6.36. The average molecular weight is 431 g/mol. The van der Waals surface area contributed by atoms with Gasteiger partial charge in [0.1, 0.15) is 17.1 Å². The van der Waals surface area contributed by atoms with Crippen molar-refractivity contribution in [2.75, 3.05) is 5.73 Å². The lowest BCUT2D eigenvalue weighted by molar-refractivity contribution is 0.475. The first-order valence-electron chi connectivity index (χ1n) is 11.1. The van der Waals surface area contributed by atoms with Crippen LogP contribution < -0.4 is 5.73 Å². The fourth-order valence-corrected chi connectivity index (χ4v) is 3.38. The minimum Gasteiger partial charge on any atom is -0.508 e. The predicted molar refractivity (Wildman–Crippen MR) is 137 cm³/mol. The van der Waals surface area contributed by atoms with Crippen molar-refractivity contribution < 1.29 is 5.11 Å². The minimum atomic E-state index is 0.273. The summed E-state index contributed by atoms with van der Waals surface area (Å²) in [4.78, 5) is 9.37. The Morgan fingerprint density at radius 1 is 1.00 bits per heavy atom. The zero-order valence-corrected chi connectivity index (χ0v) is 19.4. The highest BCUT2D eigenvalue weighted by Gasteiger charge is 2.17. The molecule has 0 radical (unpaired) electrons. The van der Waals surface area contributed by atoms with Gasteiger partial charge in [0, 0.05) is 18.4 Å². The van der Waals surface area contributed by atoms with E-state index in [0.29, 0.717) is 12.4 Å². The molecule has 5 nitrogen and oxygen atoms in total. The Bertz CT molecular complexity index is 1150. The maximum atomic E-state index is 9.56. The zero-order chi connectivity index (χ0) is 23.5. The molecule has 0 bridgehead atoms. The number of phenols is 1. The van der Waals surface area contributed by atoms with Gasteiger partial charge in [-0.25, -0.2) is 9.97 Å². The van der Waals surface area contributed by atoms with Crippen LogP contribution in [0.5, 0.6) is 5.75 Å². The molecule has 0 aliphatic carbocycles. The van der Waals surface area contributed by atoms with Gasteiger partial charge in [-0.1, -0.05) is 82.8 Å². The van der Waals surface area contributed by atoms with E-state index in [1.165, 1.54) is 0 Å². The highest BCUT2D eigenvalue weighted by atomic mass is 16.3. The first-order valence-corrected chi connectivity index (χ1v) is 11.1. The fourth-order valence-electron chi connectivity index (χ4n) is 3.38. The van der Waals surface area contributed by atoms with Crippen LogP contribution in [-0.4, -0.2) is 19.6 Å². The molecule has 0 spiro atoms. The van der Waals surface area contributed by atoms with E-state index >= 15 is 0 Å². The molecule has 0 aliphatic heterocycles. The summed E-state index contributed by atoms with van der Waals surface area (Å²) in [7, 11) is 0. The van der Waals surface area contributed by atoms with Gasteiger partial charge in [0.15, 0.2) is 5.82 Å². The molecule has 3 N–H and O–H groups in total. The van der Waals surface area contributed by atoms with Crippen molar-refractivity contribution in [3.05, 3.63) is 85.2 Å². The Morgan fingerprint density at radius 2 is 1.66 bits per heavy atom. The molecule has 0 unspecified atom stereocenters. The van der Waals surface area contributed by atoms with Crippen LogP contribution in [0.4, 0.5) is 5.82 Å². The van der Waals surface area contributed by atoms with Crippen molar-refractivity contribution in [3.63, 3.8) is 0 Å². The molecule has 2 heterocycles. The number of phenolic OH excluding ortho intramolecular Hbond substituents is 1. The number of aromatic hydroxyl groups is 1. The number of nitrogens with zero attached hydrogens (tertiary/aromatic N) is 3. The van der Waals surface area contributed by atoms with Gasteiger partial charge < -0.3 is 15.4 Å². The van der Waals surface area contributed by atoms with E-state index in [4.69, 9.17) is 10.7 Å². The molecular formula is C27H34N4O. The summed E-state index contributed by atoms with van der Waals surface area (Å²) in [6.45, 7) is 13.6. The van der Waals surface area contributed by atoms with Crippen molar-refractivity contribution in [1.29, 1.82) is 0 Å². The number of allylic oxidation sites excluding steroid dienone is 2. The standard InChI is InChI=1S/C21H22N4O.C4H6.C2H6/c1-2-3-8-18-24-19-20(16-6-4-5-7-17(16)23-21(19)22)25(18)13-14-9-11-15(26)12-10-14;1-3-4-2;1-2/h4-7,9-12,26H,2-3,8,13H2,1H3,(H2,22,23);3-4H,1-2H2;1-2H3. The van der Waals surface area contributed by atoms with Gasteiger partial charge in [-0.3, -0.25) is 0 Å². The molecule has 4 rings (SSSR count). The van der Waals surface area contributed by atoms with Crippen LogP contribution in [0.15, 0.2) is 73.8 Å². The summed E-state index contributed by atoms with van der Waals surface area (Å²) in [5.74, 6) is 1.77. The highest BCUT2D eigenvalue weighted by Crippen LogP contribution is 2.30. The number of para-hydroxylation sites is 1. The highest BCUT2D eigenvalue weighted by molar-refractivity contribution is 6.06. The number of imidazole rings is 1. The maximum Gasteiger partial charge on any atom is 0.152 e. The molecule has 168 valence electrons. The van der Waals surface area contributed by atoms with Crippen molar-refractivity contribution in [1.82, 2.24) is 14.5 Å². The Balaban J connectivity index is 0.000000547. The van der Waals surface area contributed by atoms with E-state index in [9.17, 15) is 5.11 Å². The number of pyridine rings is 1. The molecule has 4 aromatic rings. The number of aromatic nitrogens is 3. The van der Waals surface area contributed by atoms with Crippen LogP contribution in [0.2, 0.25) is 0 Å². The second kappa shape index (κ2) is 12.3. The summed E-state index contributed by atoms with van der Waals surface area (Å²) < 4.78 is 2.25. The largest absolute Gasteiger partial charge is 0.508 e. The number of rotatable bonds is 6. The molecule has 0 amide bonds. The van der Waals surface area contributed by atoms with Gasteiger partial charge in [-0.2, -0.15) is 0 Å². The number of unbranched alkanes of at least 4 members (excludes halogenated alkanes) is 1. The van der Waals surface area contributed by atoms with E-state index in [1.54, 1.807) is 24.3 Å². The third kappa shape index (κ3) is 5.76. The van der Waals surface area contributed by atoms with Crippen molar-refractivity contribution in [3.8, 4) is 5.75 Å². The topological polar surface area (TPSA) is 77.0 Å². The fraction of sp³-hybridized carbons (Fsp3) is 0.259. The number of aryl methyl sites for hydroxylation is 1. The number of benzene rings is 2. The molecular weight excluding hydrogens is 396 g/mol. The second-order valence-corrected chi connectivity index (χ2v) is 7.07. The first-order chi connectivity index (χ1) is 15.6. The molecule has 0 aliphatic rings. The monoisotopic (exact) mass is 430 g/mol. The molecule has 0 atom stereocenters. The smallest absolute Gasteiger partial charge is 0.152 e. The van der Waals surface area contributed by atoms with Gasteiger partial charge in [0.05, 0.1) is 11.0 Å². The lowest BCUT2D eigenvalue weighted by Crippen LogP contribution is -2.06. The van der Waals surface area contributed by atoms with E-state index < -0.39 is 0 Å². The summed E-state index contributed by atoms with van der Waals surface area (Å²) >= 11 is 0. The Hall–Kier alpha value is -3.60. The summed E-state index contributed by atoms with van der Waals surface area (Å²) in [5.41, 5.74) is 10.0. The number of fused-ring (bicyclic) bond motifs is 3. The van der Waals surface area contributed by atoms with Crippen molar-refractivity contribution >= 4 is 27.8 Å². The predicted octanol–water partition coefficient (Wildman–Crippen LogP) is 6.65. The lowest BCUT2D eigenvalue weighted by atomic mass is 10.1. The van der Waals surface area contributed by atoms with E-state index in [1.807, 2.05) is 44.2 Å². The quantitative estimate of drug-likeness (QED) is 0.336. The number of anilines is 1. The lowest BCUT2D eigenvalue weighted by Gasteiger charge is -2.11. The van der Waals surface area contributed by atoms with Crippen LogP contribution in [0.25, 0.3) is 21.9 Å². The van der Waals surface area contributed by atoms with Crippen molar-refractivity contribution in [2.24, 2.45) is 0 Å². The normalized spacial score (nSPS) is 10.1. The minimum absolute atomic E-state index is 0.273.